The summed E-state index contributed by atoms with van der Waals surface area (Å²) in [5.74, 6) is 0.338. The molecule has 0 heterocycles. The molecule has 1 radical (unpaired) electrons. The van der Waals surface area contributed by atoms with E-state index in [9.17, 15) is 5.26 Å². The number of benzene rings is 2. The third-order valence-corrected chi connectivity index (χ3v) is 2.06. The van der Waals surface area contributed by atoms with Crippen molar-refractivity contribution in [3.8, 4) is 16.9 Å². The van der Waals surface area contributed by atoms with E-state index in [1.807, 2.05) is 42.5 Å². The maximum atomic E-state index is 10.1. The predicted octanol–water partition coefficient (Wildman–Crippen LogP) is 3.08. The molecule has 0 spiro atoms. The molecule has 0 saturated heterocycles. The minimum Gasteiger partial charge on any atom is -0.305 e. The molecular formula is C12H9O2. The predicted molar refractivity (Wildman–Crippen MR) is 53.2 cm³/mol. The molecular weight excluding hydrogens is 176 g/mol. The van der Waals surface area contributed by atoms with E-state index in [1.165, 1.54) is 0 Å². The molecule has 2 aromatic carbocycles. The molecule has 0 aromatic heterocycles. The third kappa shape index (κ3) is 1.75. The second-order valence-corrected chi connectivity index (χ2v) is 2.97. The minimum absolute atomic E-state index is 0.338. The molecule has 0 aliphatic rings. The summed E-state index contributed by atoms with van der Waals surface area (Å²) < 4.78 is 0. The Balaban J connectivity index is 2.34. The largest absolute Gasteiger partial charge is 0.305 e. The van der Waals surface area contributed by atoms with Gasteiger partial charge in [0.1, 0.15) is 0 Å². The SMILES string of the molecule is [O]Oc1ccc(-c2ccccc2)cc1. The fourth-order valence-corrected chi connectivity index (χ4v) is 1.33. The molecule has 0 N–H and O–H groups in total. The summed E-state index contributed by atoms with van der Waals surface area (Å²) in [6.45, 7) is 0. The maximum absolute atomic E-state index is 10.1. The van der Waals surface area contributed by atoms with Crippen molar-refractivity contribution in [2.24, 2.45) is 0 Å². The van der Waals surface area contributed by atoms with Crippen molar-refractivity contribution in [3.05, 3.63) is 54.6 Å². The third-order valence-electron chi connectivity index (χ3n) is 2.06. The molecule has 2 aromatic rings. The second kappa shape index (κ2) is 3.94. The molecule has 0 saturated carbocycles. The zero-order valence-electron chi connectivity index (χ0n) is 7.51. The Morgan fingerprint density at radius 1 is 0.714 bits per heavy atom. The minimum atomic E-state index is 0.338. The highest BCUT2D eigenvalue weighted by atomic mass is 17.1. The van der Waals surface area contributed by atoms with E-state index in [0.29, 0.717) is 5.75 Å². The molecule has 0 amide bonds. The van der Waals surface area contributed by atoms with E-state index < -0.39 is 0 Å². The Morgan fingerprint density at radius 3 is 1.86 bits per heavy atom. The summed E-state index contributed by atoms with van der Waals surface area (Å²) in [7, 11) is 0. The lowest BCUT2D eigenvalue weighted by molar-refractivity contribution is -0.208. The van der Waals surface area contributed by atoms with Crippen molar-refractivity contribution in [2.45, 2.75) is 0 Å². The van der Waals surface area contributed by atoms with Gasteiger partial charge in [-0.25, -0.2) is 0 Å². The van der Waals surface area contributed by atoms with Crippen LogP contribution in [0, 0.1) is 0 Å². The topological polar surface area (TPSA) is 29.1 Å². The summed E-state index contributed by atoms with van der Waals surface area (Å²) in [5.41, 5.74) is 2.20. The van der Waals surface area contributed by atoms with E-state index in [2.05, 4.69) is 4.89 Å². The van der Waals surface area contributed by atoms with Gasteiger partial charge in [-0.2, -0.15) is 0 Å². The van der Waals surface area contributed by atoms with Crippen molar-refractivity contribution in [3.63, 3.8) is 0 Å². The number of hydrogen-bond acceptors (Lipinski definition) is 1. The van der Waals surface area contributed by atoms with Crippen LogP contribution in [-0.4, -0.2) is 0 Å². The Bertz CT molecular complexity index is 392. The quantitative estimate of drug-likeness (QED) is 0.522. The molecule has 0 fully saturated rings. The van der Waals surface area contributed by atoms with Crippen LogP contribution in [0.15, 0.2) is 54.6 Å². The van der Waals surface area contributed by atoms with Crippen LogP contribution in [0.5, 0.6) is 5.75 Å². The summed E-state index contributed by atoms with van der Waals surface area (Å²) in [6.07, 6.45) is 0. The van der Waals surface area contributed by atoms with E-state index in [1.54, 1.807) is 12.1 Å². The summed E-state index contributed by atoms with van der Waals surface area (Å²) in [4.78, 5) is 3.86. The average Bonchev–Trinajstić information content (AvgIpc) is 2.30. The normalized spacial score (nSPS) is 9.79. The van der Waals surface area contributed by atoms with Gasteiger partial charge in [0, 0.05) is 5.26 Å². The van der Waals surface area contributed by atoms with Crippen LogP contribution in [0.25, 0.3) is 11.1 Å². The summed E-state index contributed by atoms with van der Waals surface area (Å²) >= 11 is 0. The highest BCUT2D eigenvalue weighted by Crippen LogP contribution is 2.21. The molecule has 0 aliphatic heterocycles. The van der Waals surface area contributed by atoms with Crippen molar-refractivity contribution in [1.29, 1.82) is 0 Å². The molecule has 0 aliphatic carbocycles. The van der Waals surface area contributed by atoms with Crippen LogP contribution in [0.2, 0.25) is 0 Å². The first-order chi connectivity index (χ1) is 6.90. The average molecular weight is 185 g/mol. The smallest absolute Gasteiger partial charge is 0.168 e. The summed E-state index contributed by atoms with van der Waals surface area (Å²) in [5, 5.41) is 10.1. The first-order valence-electron chi connectivity index (χ1n) is 4.35. The van der Waals surface area contributed by atoms with E-state index in [0.717, 1.165) is 11.1 Å². The Kier molecular flexibility index (Phi) is 2.47. The van der Waals surface area contributed by atoms with Crippen molar-refractivity contribution in [2.75, 3.05) is 0 Å². The van der Waals surface area contributed by atoms with Gasteiger partial charge in [0.15, 0.2) is 5.75 Å². The van der Waals surface area contributed by atoms with Crippen LogP contribution >= 0.6 is 0 Å². The van der Waals surface area contributed by atoms with Gasteiger partial charge >= 0.3 is 0 Å². The van der Waals surface area contributed by atoms with Crippen LogP contribution in [0.1, 0.15) is 0 Å². The van der Waals surface area contributed by atoms with Crippen molar-refractivity contribution >= 4 is 0 Å². The summed E-state index contributed by atoms with van der Waals surface area (Å²) in [6, 6.07) is 17.0. The lowest BCUT2D eigenvalue weighted by atomic mass is 10.1. The van der Waals surface area contributed by atoms with Crippen LogP contribution < -0.4 is 4.89 Å². The van der Waals surface area contributed by atoms with E-state index >= 15 is 0 Å². The van der Waals surface area contributed by atoms with Crippen LogP contribution in [0.3, 0.4) is 0 Å². The van der Waals surface area contributed by atoms with Gasteiger partial charge in [0.2, 0.25) is 0 Å². The number of hydrogen-bond donors (Lipinski definition) is 0. The molecule has 0 bridgehead atoms. The van der Waals surface area contributed by atoms with Gasteiger partial charge in [-0.1, -0.05) is 42.5 Å². The first-order valence-corrected chi connectivity index (χ1v) is 4.35. The van der Waals surface area contributed by atoms with Crippen molar-refractivity contribution < 1.29 is 10.1 Å². The van der Waals surface area contributed by atoms with Gasteiger partial charge in [-0.05, 0) is 23.3 Å². The first kappa shape index (κ1) is 8.78. The van der Waals surface area contributed by atoms with Crippen LogP contribution in [-0.2, 0) is 5.26 Å². The standard InChI is InChI=1S/C12H9O2/c13-14-12-8-6-11(7-9-12)10-4-2-1-3-5-10/h1-9H. The zero-order valence-corrected chi connectivity index (χ0v) is 7.51. The zero-order chi connectivity index (χ0) is 9.80. The fraction of sp³-hybridized carbons (Fsp3) is 0. The van der Waals surface area contributed by atoms with E-state index in [-0.39, 0.29) is 0 Å². The lowest BCUT2D eigenvalue weighted by Gasteiger charge is -2.00. The van der Waals surface area contributed by atoms with Gasteiger partial charge in [0.25, 0.3) is 0 Å². The Hall–Kier alpha value is -1.80. The lowest BCUT2D eigenvalue weighted by Crippen LogP contribution is -1.81. The molecule has 0 unspecified atom stereocenters. The Morgan fingerprint density at radius 2 is 1.29 bits per heavy atom. The Labute approximate surface area is 82.3 Å². The fourth-order valence-electron chi connectivity index (χ4n) is 1.33. The van der Waals surface area contributed by atoms with Gasteiger partial charge in [0.05, 0.1) is 0 Å². The maximum Gasteiger partial charge on any atom is 0.168 e. The molecule has 69 valence electrons. The molecule has 2 heteroatoms. The van der Waals surface area contributed by atoms with Gasteiger partial charge < -0.3 is 4.89 Å². The molecule has 2 rings (SSSR count). The molecule has 2 nitrogen and oxygen atoms in total. The molecule has 0 atom stereocenters. The van der Waals surface area contributed by atoms with Crippen LogP contribution in [0.4, 0.5) is 0 Å². The number of rotatable bonds is 2. The highest BCUT2D eigenvalue weighted by molar-refractivity contribution is 5.63. The molecule has 14 heavy (non-hydrogen) atoms. The second-order valence-electron chi connectivity index (χ2n) is 2.97. The van der Waals surface area contributed by atoms with Crippen molar-refractivity contribution in [1.82, 2.24) is 0 Å². The van der Waals surface area contributed by atoms with E-state index in [4.69, 9.17) is 0 Å². The van der Waals surface area contributed by atoms with Gasteiger partial charge in [-0.3, -0.25) is 0 Å². The monoisotopic (exact) mass is 185 g/mol. The van der Waals surface area contributed by atoms with Gasteiger partial charge in [-0.15, -0.1) is 0 Å². The highest BCUT2D eigenvalue weighted by Gasteiger charge is 1.97.